The molecule has 0 aromatic heterocycles. The Bertz CT molecular complexity index is 506. The molecule has 0 radical (unpaired) electrons. The molecule has 0 unspecified atom stereocenters. The summed E-state index contributed by atoms with van der Waals surface area (Å²) in [6.45, 7) is 2.01. The summed E-state index contributed by atoms with van der Waals surface area (Å²) in [5.41, 5.74) is 6.53. The van der Waals surface area contributed by atoms with E-state index in [4.69, 9.17) is 29.2 Å². The molecule has 0 bridgehead atoms. The van der Waals surface area contributed by atoms with Gasteiger partial charge in [-0.3, -0.25) is 10.9 Å². The standard InChI is InChI=1S/C14H19FN4OS2/c15-11-5-3-10(4-6-11)8-16-13(21)18-19-14(22)17-9-12-2-1-7-20-12/h3-6,12H,1-2,7-9H2,(H2,16,18,21)(H2,17,19,22)/t12-/m0/s1. The molecule has 0 spiro atoms. The Hall–Kier alpha value is -1.51. The van der Waals surface area contributed by atoms with Crippen molar-refractivity contribution in [2.45, 2.75) is 25.5 Å². The van der Waals surface area contributed by atoms with Crippen LogP contribution in [-0.4, -0.2) is 29.5 Å². The number of hydrogen-bond donors (Lipinski definition) is 4. The molecule has 1 aromatic rings. The van der Waals surface area contributed by atoms with Gasteiger partial charge >= 0.3 is 0 Å². The molecule has 0 saturated carbocycles. The highest BCUT2D eigenvalue weighted by Gasteiger charge is 2.15. The third kappa shape index (κ3) is 6.08. The minimum Gasteiger partial charge on any atom is -0.376 e. The van der Waals surface area contributed by atoms with Crippen molar-refractivity contribution < 1.29 is 9.13 Å². The quantitative estimate of drug-likeness (QED) is 0.487. The fourth-order valence-corrected chi connectivity index (χ4v) is 2.26. The topological polar surface area (TPSA) is 57.3 Å². The summed E-state index contributed by atoms with van der Waals surface area (Å²) in [5, 5.41) is 6.93. The third-order valence-corrected chi connectivity index (χ3v) is 3.66. The molecule has 1 aliphatic heterocycles. The van der Waals surface area contributed by atoms with E-state index in [2.05, 4.69) is 21.5 Å². The Kier molecular flexibility index (Phi) is 6.75. The van der Waals surface area contributed by atoms with Gasteiger partial charge in [0.25, 0.3) is 0 Å². The lowest BCUT2D eigenvalue weighted by atomic mass is 10.2. The predicted molar refractivity (Wildman–Crippen MR) is 91.7 cm³/mol. The first-order valence-corrected chi connectivity index (χ1v) is 7.89. The van der Waals surface area contributed by atoms with Crippen molar-refractivity contribution in [3.63, 3.8) is 0 Å². The van der Waals surface area contributed by atoms with Gasteiger partial charge in [-0.2, -0.15) is 0 Å². The van der Waals surface area contributed by atoms with Gasteiger partial charge < -0.3 is 15.4 Å². The van der Waals surface area contributed by atoms with Crippen molar-refractivity contribution in [2.24, 2.45) is 0 Å². The molecule has 1 aliphatic rings. The van der Waals surface area contributed by atoms with Crippen molar-refractivity contribution in [1.82, 2.24) is 21.5 Å². The highest BCUT2D eigenvalue weighted by molar-refractivity contribution is 7.80. The lowest BCUT2D eigenvalue weighted by Gasteiger charge is -2.16. The zero-order valence-electron chi connectivity index (χ0n) is 12.0. The molecule has 120 valence electrons. The molecule has 4 N–H and O–H groups in total. The second-order valence-electron chi connectivity index (χ2n) is 4.90. The molecule has 1 aromatic carbocycles. The number of halogens is 1. The van der Waals surface area contributed by atoms with Crippen LogP contribution in [0.5, 0.6) is 0 Å². The second kappa shape index (κ2) is 8.82. The number of hydrogen-bond acceptors (Lipinski definition) is 3. The predicted octanol–water partition coefficient (Wildman–Crippen LogP) is 1.35. The van der Waals surface area contributed by atoms with Crippen LogP contribution in [0.4, 0.5) is 4.39 Å². The molecular weight excluding hydrogens is 323 g/mol. The van der Waals surface area contributed by atoms with Crippen LogP contribution in [0.25, 0.3) is 0 Å². The van der Waals surface area contributed by atoms with Crippen LogP contribution < -0.4 is 21.5 Å². The van der Waals surface area contributed by atoms with Gasteiger partial charge in [-0.15, -0.1) is 0 Å². The first kappa shape index (κ1) is 16.9. The van der Waals surface area contributed by atoms with Crippen LogP contribution in [0.3, 0.4) is 0 Å². The van der Waals surface area contributed by atoms with E-state index in [1.807, 2.05) is 0 Å². The van der Waals surface area contributed by atoms with E-state index in [0.29, 0.717) is 23.3 Å². The summed E-state index contributed by atoms with van der Waals surface area (Å²) < 4.78 is 18.3. The van der Waals surface area contributed by atoms with Gasteiger partial charge in [0.15, 0.2) is 10.2 Å². The molecule has 1 heterocycles. The highest BCUT2D eigenvalue weighted by Crippen LogP contribution is 2.10. The minimum atomic E-state index is -0.256. The second-order valence-corrected chi connectivity index (χ2v) is 5.72. The molecule has 5 nitrogen and oxygen atoms in total. The molecule has 22 heavy (non-hydrogen) atoms. The van der Waals surface area contributed by atoms with Gasteiger partial charge in [0.1, 0.15) is 5.82 Å². The number of rotatable bonds is 4. The fourth-order valence-electron chi connectivity index (χ4n) is 2.00. The summed E-state index contributed by atoms with van der Waals surface area (Å²) >= 11 is 10.2. The Morgan fingerprint density at radius 3 is 2.45 bits per heavy atom. The van der Waals surface area contributed by atoms with Crippen molar-refractivity contribution >= 4 is 34.7 Å². The normalized spacial score (nSPS) is 16.9. The maximum Gasteiger partial charge on any atom is 0.185 e. The van der Waals surface area contributed by atoms with Crippen LogP contribution in [0, 0.1) is 5.82 Å². The first-order chi connectivity index (χ1) is 10.6. The van der Waals surface area contributed by atoms with Crippen LogP contribution in [-0.2, 0) is 11.3 Å². The maximum atomic E-state index is 12.8. The number of thiocarbonyl (C=S) groups is 2. The number of ether oxygens (including phenoxy) is 1. The van der Waals surface area contributed by atoms with E-state index >= 15 is 0 Å². The number of hydrazine groups is 1. The molecule has 1 atom stereocenters. The fraction of sp³-hybridized carbons (Fsp3) is 0.429. The Balaban J connectivity index is 1.58. The highest BCUT2D eigenvalue weighted by atomic mass is 32.1. The van der Waals surface area contributed by atoms with E-state index in [0.717, 1.165) is 25.0 Å². The van der Waals surface area contributed by atoms with Crippen LogP contribution in [0.1, 0.15) is 18.4 Å². The number of benzene rings is 1. The van der Waals surface area contributed by atoms with Gasteiger partial charge in [0.05, 0.1) is 6.10 Å². The molecule has 1 saturated heterocycles. The van der Waals surface area contributed by atoms with Crippen molar-refractivity contribution in [3.8, 4) is 0 Å². The molecule has 0 amide bonds. The van der Waals surface area contributed by atoms with Gasteiger partial charge in [-0.25, -0.2) is 4.39 Å². The van der Waals surface area contributed by atoms with Gasteiger partial charge in [-0.1, -0.05) is 12.1 Å². The molecule has 8 heteroatoms. The van der Waals surface area contributed by atoms with Crippen LogP contribution >= 0.6 is 24.4 Å². The average Bonchev–Trinajstić information content (AvgIpc) is 3.04. The van der Waals surface area contributed by atoms with E-state index in [1.54, 1.807) is 12.1 Å². The van der Waals surface area contributed by atoms with Crippen molar-refractivity contribution in [2.75, 3.05) is 13.2 Å². The summed E-state index contributed by atoms with van der Waals surface area (Å²) in [6, 6.07) is 6.23. The summed E-state index contributed by atoms with van der Waals surface area (Å²) in [5.74, 6) is -0.256. The lowest BCUT2D eigenvalue weighted by molar-refractivity contribution is 0.114. The van der Waals surface area contributed by atoms with Crippen LogP contribution in [0.15, 0.2) is 24.3 Å². The van der Waals surface area contributed by atoms with Crippen LogP contribution in [0.2, 0.25) is 0 Å². The molecular formula is C14H19FN4OS2. The molecule has 2 rings (SSSR count). The van der Waals surface area contributed by atoms with Gasteiger partial charge in [-0.05, 0) is 55.0 Å². The third-order valence-electron chi connectivity index (χ3n) is 3.17. The van der Waals surface area contributed by atoms with Crippen molar-refractivity contribution in [3.05, 3.63) is 35.6 Å². The SMILES string of the molecule is Fc1ccc(CNC(=S)NNC(=S)NC[C@@H]2CCCO2)cc1. The van der Waals surface area contributed by atoms with Gasteiger partial charge in [0.2, 0.25) is 0 Å². The zero-order valence-corrected chi connectivity index (χ0v) is 13.7. The van der Waals surface area contributed by atoms with E-state index in [1.165, 1.54) is 12.1 Å². The minimum absolute atomic E-state index is 0.225. The molecule has 0 aliphatic carbocycles. The maximum absolute atomic E-state index is 12.8. The monoisotopic (exact) mass is 342 g/mol. The van der Waals surface area contributed by atoms with E-state index < -0.39 is 0 Å². The summed E-state index contributed by atoms with van der Waals surface area (Å²) in [4.78, 5) is 0. The zero-order chi connectivity index (χ0) is 15.8. The average molecular weight is 342 g/mol. The Morgan fingerprint density at radius 2 is 1.82 bits per heavy atom. The van der Waals surface area contributed by atoms with Crippen molar-refractivity contribution in [1.29, 1.82) is 0 Å². The largest absolute Gasteiger partial charge is 0.376 e. The smallest absolute Gasteiger partial charge is 0.185 e. The Labute approximate surface area is 140 Å². The molecule has 1 fully saturated rings. The first-order valence-electron chi connectivity index (χ1n) is 7.07. The van der Waals surface area contributed by atoms with E-state index in [9.17, 15) is 4.39 Å². The van der Waals surface area contributed by atoms with E-state index in [-0.39, 0.29) is 11.9 Å². The Morgan fingerprint density at radius 1 is 1.14 bits per heavy atom. The summed E-state index contributed by atoms with van der Waals surface area (Å²) in [7, 11) is 0. The summed E-state index contributed by atoms with van der Waals surface area (Å²) in [6.07, 6.45) is 2.38. The van der Waals surface area contributed by atoms with Gasteiger partial charge in [0, 0.05) is 19.7 Å². The number of nitrogens with one attached hydrogen (secondary N) is 4. The lowest BCUT2D eigenvalue weighted by Crippen LogP contribution is -2.51.